The molecule has 0 saturated heterocycles. The van der Waals surface area contributed by atoms with Crippen LogP contribution in [0, 0.1) is 0 Å². The lowest BCUT2D eigenvalue weighted by Gasteiger charge is -2.26. The Balaban J connectivity index is 2.80. The molecule has 0 aliphatic rings. The molecule has 0 atom stereocenters. The number of unbranched alkanes of at least 4 members (excludes halogenated alkanes) is 1. The van der Waals surface area contributed by atoms with Crippen LogP contribution in [0.3, 0.4) is 0 Å². The second-order valence-electron chi connectivity index (χ2n) is 4.64. The maximum atomic E-state index is 11.8. The Labute approximate surface area is 104 Å². The lowest BCUT2D eigenvalue weighted by Crippen LogP contribution is -2.42. The smallest absolute Gasteiger partial charge is 0.212 e. The third kappa shape index (κ3) is 4.44. The predicted molar refractivity (Wildman–Crippen MR) is 69.1 cm³/mol. The van der Waals surface area contributed by atoms with Crippen LogP contribution in [0.2, 0.25) is 0 Å². The Morgan fingerprint density at radius 1 is 1.41 bits per heavy atom. The zero-order chi connectivity index (χ0) is 12.9. The van der Waals surface area contributed by atoms with Crippen LogP contribution in [0.25, 0.3) is 0 Å². The topological polar surface area (TPSA) is 59.1 Å². The number of hydrogen-bond acceptors (Lipinski definition) is 3. The van der Waals surface area contributed by atoms with Gasteiger partial charge in [0, 0.05) is 12.4 Å². The summed E-state index contributed by atoms with van der Waals surface area (Å²) in [6.07, 6.45) is 4.90. The van der Waals surface area contributed by atoms with Gasteiger partial charge in [-0.1, -0.05) is 19.4 Å². The molecule has 96 valence electrons. The summed E-state index contributed by atoms with van der Waals surface area (Å²) in [4.78, 5) is 4.01. The summed E-state index contributed by atoms with van der Waals surface area (Å²) >= 11 is 0. The maximum absolute atomic E-state index is 11.8. The van der Waals surface area contributed by atoms with E-state index < -0.39 is 15.6 Å². The molecule has 0 radical (unpaired) electrons. The Morgan fingerprint density at radius 2 is 2.12 bits per heavy atom. The normalized spacial score (nSPS) is 12.6. The highest BCUT2D eigenvalue weighted by atomic mass is 32.2. The molecule has 1 aromatic heterocycles. The molecule has 0 saturated carbocycles. The van der Waals surface area contributed by atoms with Crippen LogP contribution in [-0.2, 0) is 15.6 Å². The molecule has 0 fully saturated rings. The fourth-order valence-electron chi connectivity index (χ4n) is 1.57. The first-order valence-corrected chi connectivity index (χ1v) is 7.45. The second kappa shape index (κ2) is 5.60. The van der Waals surface area contributed by atoms with E-state index in [2.05, 4.69) is 9.71 Å². The van der Waals surface area contributed by atoms with Gasteiger partial charge in [0.05, 0.1) is 11.3 Å². The highest BCUT2D eigenvalue weighted by Gasteiger charge is 2.26. The summed E-state index contributed by atoms with van der Waals surface area (Å²) in [5, 5.41) is 0. The van der Waals surface area contributed by atoms with E-state index in [-0.39, 0.29) is 5.75 Å². The van der Waals surface area contributed by atoms with Crippen LogP contribution in [0.4, 0.5) is 0 Å². The van der Waals surface area contributed by atoms with Gasteiger partial charge in [0.25, 0.3) is 0 Å². The van der Waals surface area contributed by atoms with E-state index in [9.17, 15) is 8.42 Å². The fourth-order valence-corrected chi connectivity index (χ4v) is 3.23. The molecule has 1 N–H and O–H groups in total. The minimum absolute atomic E-state index is 0.174. The van der Waals surface area contributed by atoms with Crippen molar-refractivity contribution in [1.82, 2.24) is 9.71 Å². The SMILES string of the molecule is CCCCS(=O)(=O)NC(C)(C)c1cccnc1. The first-order valence-electron chi connectivity index (χ1n) is 5.79. The van der Waals surface area contributed by atoms with E-state index in [0.29, 0.717) is 6.42 Å². The molecule has 1 aromatic rings. The van der Waals surface area contributed by atoms with Crippen LogP contribution in [0.1, 0.15) is 39.2 Å². The van der Waals surface area contributed by atoms with Crippen LogP contribution >= 0.6 is 0 Å². The summed E-state index contributed by atoms with van der Waals surface area (Å²) in [7, 11) is -3.23. The standard InChI is InChI=1S/C12H20N2O2S/c1-4-5-9-17(15,16)14-12(2,3)11-7-6-8-13-10-11/h6-8,10,14H,4-5,9H2,1-3H3. The minimum atomic E-state index is -3.23. The predicted octanol–water partition coefficient (Wildman–Crippen LogP) is 2.04. The van der Waals surface area contributed by atoms with Crippen molar-refractivity contribution in [2.24, 2.45) is 0 Å². The fraction of sp³-hybridized carbons (Fsp3) is 0.583. The van der Waals surface area contributed by atoms with Gasteiger partial charge >= 0.3 is 0 Å². The van der Waals surface area contributed by atoms with Crippen LogP contribution in [0.5, 0.6) is 0 Å². The van der Waals surface area contributed by atoms with Crippen LogP contribution in [-0.4, -0.2) is 19.2 Å². The molecule has 0 unspecified atom stereocenters. The number of nitrogens with zero attached hydrogens (tertiary/aromatic N) is 1. The van der Waals surface area contributed by atoms with E-state index in [1.165, 1.54) is 0 Å². The molecule has 17 heavy (non-hydrogen) atoms. The summed E-state index contributed by atoms with van der Waals surface area (Å²) in [5.74, 6) is 0.174. The van der Waals surface area contributed by atoms with Gasteiger partial charge in [-0.2, -0.15) is 0 Å². The number of rotatable bonds is 6. The lowest BCUT2D eigenvalue weighted by atomic mass is 9.98. The van der Waals surface area contributed by atoms with Crippen molar-refractivity contribution in [3.8, 4) is 0 Å². The largest absolute Gasteiger partial charge is 0.264 e. The van der Waals surface area contributed by atoms with Gasteiger partial charge in [-0.05, 0) is 31.9 Å². The average molecular weight is 256 g/mol. The molecule has 0 spiro atoms. The number of pyridine rings is 1. The Morgan fingerprint density at radius 3 is 2.65 bits per heavy atom. The van der Waals surface area contributed by atoms with Crippen molar-refractivity contribution < 1.29 is 8.42 Å². The summed E-state index contributed by atoms with van der Waals surface area (Å²) in [6.45, 7) is 5.66. The summed E-state index contributed by atoms with van der Waals surface area (Å²) in [6, 6.07) is 3.67. The summed E-state index contributed by atoms with van der Waals surface area (Å²) < 4.78 is 26.4. The third-order valence-corrected chi connectivity index (χ3v) is 4.21. The molecule has 0 aliphatic heterocycles. The van der Waals surface area contributed by atoms with Crippen molar-refractivity contribution >= 4 is 10.0 Å². The number of sulfonamides is 1. The lowest BCUT2D eigenvalue weighted by molar-refractivity contribution is 0.470. The van der Waals surface area contributed by atoms with Gasteiger partial charge in [0.15, 0.2) is 0 Å². The highest BCUT2D eigenvalue weighted by molar-refractivity contribution is 7.89. The van der Waals surface area contributed by atoms with E-state index in [0.717, 1.165) is 12.0 Å². The molecular weight excluding hydrogens is 236 g/mol. The molecule has 0 bridgehead atoms. The zero-order valence-corrected chi connectivity index (χ0v) is 11.4. The number of aromatic nitrogens is 1. The summed E-state index contributed by atoms with van der Waals surface area (Å²) in [5.41, 5.74) is 0.237. The van der Waals surface area contributed by atoms with Crippen molar-refractivity contribution in [2.75, 3.05) is 5.75 Å². The molecule has 0 amide bonds. The van der Waals surface area contributed by atoms with Gasteiger partial charge < -0.3 is 0 Å². The second-order valence-corrected chi connectivity index (χ2v) is 6.48. The Bertz CT molecular complexity index is 441. The van der Waals surface area contributed by atoms with Gasteiger partial charge in [-0.25, -0.2) is 13.1 Å². The molecule has 1 heterocycles. The maximum Gasteiger partial charge on any atom is 0.212 e. The van der Waals surface area contributed by atoms with Crippen molar-refractivity contribution in [3.63, 3.8) is 0 Å². The van der Waals surface area contributed by atoms with Gasteiger partial charge in [0.1, 0.15) is 0 Å². The van der Waals surface area contributed by atoms with Crippen molar-refractivity contribution in [3.05, 3.63) is 30.1 Å². The molecule has 5 heteroatoms. The van der Waals surface area contributed by atoms with Gasteiger partial charge in [-0.15, -0.1) is 0 Å². The van der Waals surface area contributed by atoms with E-state index in [1.807, 2.05) is 26.8 Å². The van der Waals surface area contributed by atoms with Crippen molar-refractivity contribution in [1.29, 1.82) is 0 Å². The van der Waals surface area contributed by atoms with Crippen LogP contribution < -0.4 is 4.72 Å². The Hall–Kier alpha value is -0.940. The molecular formula is C12H20N2O2S. The van der Waals surface area contributed by atoms with E-state index in [1.54, 1.807) is 18.5 Å². The number of nitrogens with one attached hydrogen (secondary N) is 1. The van der Waals surface area contributed by atoms with Crippen LogP contribution in [0.15, 0.2) is 24.5 Å². The van der Waals surface area contributed by atoms with Crippen molar-refractivity contribution in [2.45, 2.75) is 39.2 Å². The quantitative estimate of drug-likeness (QED) is 0.847. The highest BCUT2D eigenvalue weighted by Crippen LogP contribution is 2.19. The van der Waals surface area contributed by atoms with Gasteiger partial charge in [0.2, 0.25) is 10.0 Å². The number of hydrogen-bond donors (Lipinski definition) is 1. The minimum Gasteiger partial charge on any atom is -0.264 e. The molecule has 0 aliphatic carbocycles. The zero-order valence-electron chi connectivity index (χ0n) is 10.6. The van der Waals surface area contributed by atoms with E-state index in [4.69, 9.17) is 0 Å². The molecule has 1 rings (SSSR count). The first-order chi connectivity index (χ1) is 7.87. The Kier molecular flexibility index (Phi) is 4.65. The molecule has 4 nitrogen and oxygen atoms in total. The first kappa shape index (κ1) is 14.1. The molecule has 0 aromatic carbocycles. The van der Waals surface area contributed by atoms with Gasteiger partial charge in [-0.3, -0.25) is 4.98 Å². The van der Waals surface area contributed by atoms with E-state index >= 15 is 0 Å². The monoisotopic (exact) mass is 256 g/mol. The third-order valence-electron chi connectivity index (χ3n) is 2.56. The average Bonchev–Trinajstić information content (AvgIpc) is 2.26.